The van der Waals surface area contributed by atoms with Gasteiger partial charge in [-0.05, 0) is 67.9 Å². The number of nitrogens with zero attached hydrogens (tertiary/aromatic N) is 2. The number of sulfonamides is 1. The molecule has 0 heterocycles. The van der Waals surface area contributed by atoms with Gasteiger partial charge in [-0.3, -0.25) is 13.9 Å². The molecule has 0 aliphatic rings. The fourth-order valence-electron chi connectivity index (χ4n) is 3.81. The number of para-hydroxylation sites is 2. The van der Waals surface area contributed by atoms with Gasteiger partial charge in [0.2, 0.25) is 11.8 Å². The highest BCUT2D eigenvalue weighted by Gasteiger charge is 2.33. The van der Waals surface area contributed by atoms with Gasteiger partial charge in [-0.15, -0.1) is 0 Å². The van der Waals surface area contributed by atoms with Crippen molar-refractivity contribution in [3.63, 3.8) is 0 Å². The van der Waals surface area contributed by atoms with Gasteiger partial charge in [0.25, 0.3) is 10.0 Å². The molecule has 1 N–H and O–H groups in total. The molecule has 3 aromatic carbocycles. The molecule has 39 heavy (non-hydrogen) atoms. The Labute approximate surface area is 243 Å². The molecule has 3 rings (SSSR count). The van der Waals surface area contributed by atoms with Gasteiger partial charge in [0.05, 0.1) is 27.2 Å². The molecule has 0 fully saturated rings. The Kier molecular flexibility index (Phi) is 10.5. The summed E-state index contributed by atoms with van der Waals surface area (Å²) >= 11 is 18.2. The topological polar surface area (TPSA) is 96.0 Å². The van der Waals surface area contributed by atoms with Crippen LogP contribution in [0.2, 0.25) is 15.1 Å². The van der Waals surface area contributed by atoms with Crippen molar-refractivity contribution >= 4 is 62.3 Å². The minimum Gasteiger partial charge on any atom is -0.492 e. The molecule has 0 saturated carbocycles. The van der Waals surface area contributed by atoms with Crippen molar-refractivity contribution < 1.29 is 22.7 Å². The number of rotatable bonds is 11. The van der Waals surface area contributed by atoms with Crippen LogP contribution in [0.25, 0.3) is 0 Å². The van der Waals surface area contributed by atoms with Crippen LogP contribution in [0, 0.1) is 0 Å². The zero-order chi connectivity index (χ0) is 28.7. The van der Waals surface area contributed by atoms with Crippen molar-refractivity contribution in [1.82, 2.24) is 10.2 Å². The van der Waals surface area contributed by atoms with Crippen molar-refractivity contribution in [2.45, 2.75) is 31.3 Å². The van der Waals surface area contributed by atoms with Crippen molar-refractivity contribution in [3.05, 3.63) is 87.4 Å². The first-order valence-electron chi connectivity index (χ1n) is 11.9. The number of anilines is 1. The number of nitrogens with one attached hydrogen (secondary N) is 1. The predicted molar refractivity (Wildman–Crippen MR) is 154 cm³/mol. The Balaban J connectivity index is 2.09. The number of benzene rings is 3. The number of amides is 2. The maximum absolute atomic E-state index is 13.9. The lowest BCUT2D eigenvalue weighted by molar-refractivity contribution is -0.139. The summed E-state index contributed by atoms with van der Waals surface area (Å²) in [6.45, 7) is 2.96. The molecule has 0 aliphatic heterocycles. The Morgan fingerprint density at radius 2 is 1.64 bits per heavy atom. The smallest absolute Gasteiger partial charge is 0.264 e. The van der Waals surface area contributed by atoms with E-state index in [2.05, 4.69) is 5.32 Å². The normalized spacial score (nSPS) is 11.9. The SMILES string of the molecule is CCOc1ccccc1N(CC(=O)N(Cc1ccc(Cl)c(Cl)c1)[C@@H](C)C(=O)NC)S(=O)(=O)c1ccc(Cl)cc1. The standard InChI is InChI=1S/C27H28Cl3N3O5S/c1-4-38-25-8-6-5-7-24(25)33(39(36,37)21-12-10-20(28)11-13-21)17-26(34)32(18(2)27(35)31-3)16-19-9-14-22(29)23(30)15-19/h5-15,18H,4,16-17H2,1-3H3,(H,31,35)/t18-/m0/s1. The molecule has 208 valence electrons. The van der Waals surface area contributed by atoms with E-state index in [0.29, 0.717) is 15.6 Å². The summed E-state index contributed by atoms with van der Waals surface area (Å²) in [5.41, 5.74) is 0.778. The predicted octanol–water partition coefficient (Wildman–Crippen LogP) is 5.40. The van der Waals surface area contributed by atoms with Crippen LogP contribution in [0.1, 0.15) is 19.4 Å². The van der Waals surface area contributed by atoms with E-state index >= 15 is 0 Å². The molecule has 0 saturated heterocycles. The summed E-state index contributed by atoms with van der Waals surface area (Å²) in [6, 6.07) is 16.1. The second-order valence-corrected chi connectivity index (χ2v) is 11.5. The van der Waals surface area contributed by atoms with Gasteiger partial charge < -0.3 is 15.0 Å². The summed E-state index contributed by atoms with van der Waals surface area (Å²) in [5, 5.41) is 3.52. The first kappa shape index (κ1) is 30.6. The van der Waals surface area contributed by atoms with E-state index in [9.17, 15) is 18.0 Å². The summed E-state index contributed by atoms with van der Waals surface area (Å²) in [4.78, 5) is 27.7. The summed E-state index contributed by atoms with van der Waals surface area (Å²) in [6.07, 6.45) is 0. The largest absolute Gasteiger partial charge is 0.492 e. The molecule has 0 aromatic heterocycles. The van der Waals surface area contributed by atoms with E-state index in [1.165, 1.54) is 36.2 Å². The van der Waals surface area contributed by atoms with Gasteiger partial charge in [0.15, 0.2) is 0 Å². The Bertz CT molecular complexity index is 1430. The van der Waals surface area contributed by atoms with E-state index in [1.807, 2.05) is 0 Å². The molecule has 0 bridgehead atoms. The second kappa shape index (κ2) is 13.4. The number of halogens is 3. The Morgan fingerprint density at radius 1 is 0.974 bits per heavy atom. The zero-order valence-corrected chi connectivity index (χ0v) is 24.6. The Hall–Kier alpha value is -2.98. The van der Waals surface area contributed by atoms with Crippen LogP contribution in [0.3, 0.4) is 0 Å². The molecular formula is C27H28Cl3N3O5S. The fraction of sp³-hybridized carbons (Fsp3) is 0.259. The minimum absolute atomic E-state index is 0.0216. The zero-order valence-electron chi connectivity index (χ0n) is 21.5. The summed E-state index contributed by atoms with van der Waals surface area (Å²) in [5.74, 6) is -0.771. The van der Waals surface area contributed by atoms with Crippen molar-refractivity contribution in [2.75, 3.05) is 24.5 Å². The molecule has 0 spiro atoms. The van der Waals surface area contributed by atoms with Gasteiger partial charge >= 0.3 is 0 Å². The molecule has 12 heteroatoms. The van der Waals surface area contributed by atoms with E-state index in [1.54, 1.807) is 56.3 Å². The summed E-state index contributed by atoms with van der Waals surface area (Å²) in [7, 11) is -2.81. The minimum atomic E-state index is -4.27. The molecule has 1 atom stereocenters. The van der Waals surface area contributed by atoms with Crippen LogP contribution in [-0.2, 0) is 26.2 Å². The van der Waals surface area contributed by atoms with E-state index in [-0.39, 0.29) is 34.5 Å². The number of likely N-dealkylation sites (N-methyl/N-ethyl adjacent to an activating group) is 1. The molecule has 0 radical (unpaired) electrons. The van der Waals surface area contributed by atoms with E-state index in [4.69, 9.17) is 39.5 Å². The van der Waals surface area contributed by atoms with Crippen LogP contribution in [0.15, 0.2) is 71.6 Å². The maximum Gasteiger partial charge on any atom is 0.264 e. The third kappa shape index (κ3) is 7.36. The molecule has 8 nitrogen and oxygen atoms in total. The Morgan fingerprint density at radius 3 is 2.26 bits per heavy atom. The third-order valence-electron chi connectivity index (χ3n) is 5.86. The molecule has 2 amide bonds. The van der Waals surface area contributed by atoms with Crippen molar-refractivity contribution in [3.8, 4) is 5.75 Å². The van der Waals surface area contributed by atoms with Crippen LogP contribution in [-0.4, -0.2) is 51.4 Å². The highest BCUT2D eigenvalue weighted by Crippen LogP contribution is 2.33. The van der Waals surface area contributed by atoms with Crippen LogP contribution >= 0.6 is 34.8 Å². The van der Waals surface area contributed by atoms with Crippen LogP contribution < -0.4 is 14.4 Å². The van der Waals surface area contributed by atoms with Gasteiger partial charge in [-0.2, -0.15) is 0 Å². The maximum atomic E-state index is 13.9. The monoisotopic (exact) mass is 611 g/mol. The van der Waals surface area contributed by atoms with Crippen LogP contribution in [0.4, 0.5) is 5.69 Å². The number of hydrogen-bond donors (Lipinski definition) is 1. The van der Waals surface area contributed by atoms with E-state index < -0.39 is 34.4 Å². The van der Waals surface area contributed by atoms with E-state index in [0.717, 1.165) is 4.31 Å². The second-order valence-electron chi connectivity index (χ2n) is 8.43. The lowest BCUT2D eigenvalue weighted by Crippen LogP contribution is -2.50. The summed E-state index contributed by atoms with van der Waals surface area (Å²) < 4.78 is 34.5. The average molecular weight is 613 g/mol. The van der Waals surface area contributed by atoms with Crippen molar-refractivity contribution in [2.24, 2.45) is 0 Å². The third-order valence-corrected chi connectivity index (χ3v) is 8.63. The molecular weight excluding hydrogens is 585 g/mol. The first-order valence-corrected chi connectivity index (χ1v) is 14.5. The molecule has 0 unspecified atom stereocenters. The fourth-order valence-corrected chi connectivity index (χ4v) is 5.69. The van der Waals surface area contributed by atoms with Crippen molar-refractivity contribution in [1.29, 1.82) is 0 Å². The quantitative estimate of drug-likeness (QED) is 0.313. The van der Waals surface area contributed by atoms with Gasteiger partial charge in [0.1, 0.15) is 18.3 Å². The van der Waals surface area contributed by atoms with Crippen LogP contribution in [0.5, 0.6) is 5.75 Å². The molecule has 0 aliphatic carbocycles. The molecule has 3 aromatic rings. The van der Waals surface area contributed by atoms with Gasteiger partial charge in [0, 0.05) is 18.6 Å². The highest BCUT2D eigenvalue weighted by molar-refractivity contribution is 7.92. The number of ether oxygens (including phenoxy) is 1. The van der Waals surface area contributed by atoms with Gasteiger partial charge in [-0.1, -0.05) is 53.0 Å². The van der Waals surface area contributed by atoms with Gasteiger partial charge in [-0.25, -0.2) is 8.42 Å². The number of hydrogen-bond acceptors (Lipinski definition) is 5. The highest BCUT2D eigenvalue weighted by atomic mass is 35.5. The average Bonchev–Trinajstić information content (AvgIpc) is 2.92. The lowest BCUT2D eigenvalue weighted by atomic mass is 10.1. The number of carbonyl (C=O) groups is 2. The lowest BCUT2D eigenvalue weighted by Gasteiger charge is -2.32. The number of carbonyl (C=O) groups excluding carboxylic acids is 2. The first-order chi connectivity index (χ1) is 18.5.